The predicted molar refractivity (Wildman–Crippen MR) is 117 cm³/mol. The number of aromatic nitrogens is 2. The minimum absolute atomic E-state index is 0.219. The number of carbonyl (C=O) groups excluding carboxylic acids is 1. The minimum Gasteiger partial charge on any atom is -0.318 e. The van der Waals surface area contributed by atoms with Gasteiger partial charge < -0.3 is 5.32 Å². The quantitative estimate of drug-likeness (QED) is 0.412. The molecule has 0 aliphatic rings. The molecule has 0 unspecified atom stereocenters. The van der Waals surface area contributed by atoms with E-state index in [1.165, 1.54) is 11.3 Å². The van der Waals surface area contributed by atoms with Crippen molar-refractivity contribution in [3.63, 3.8) is 0 Å². The molecule has 1 amide bonds. The van der Waals surface area contributed by atoms with E-state index >= 15 is 0 Å². The Balaban J connectivity index is 1.60. The Kier molecular flexibility index (Phi) is 5.15. The average molecular weight is 430 g/mol. The number of fused-ring (bicyclic) bond motifs is 1. The third-order valence-corrected chi connectivity index (χ3v) is 6.53. The zero-order valence-electron chi connectivity index (χ0n) is 15.3. The molecule has 2 heterocycles. The van der Waals surface area contributed by atoms with E-state index in [-0.39, 0.29) is 5.91 Å². The van der Waals surface area contributed by atoms with Crippen LogP contribution < -0.4 is 5.32 Å². The number of aryl methyl sites for hydroxylation is 1. The van der Waals surface area contributed by atoms with Crippen molar-refractivity contribution in [1.29, 1.82) is 0 Å². The van der Waals surface area contributed by atoms with Gasteiger partial charge in [-0.05, 0) is 37.6 Å². The number of thiophene rings is 1. The molecule has 0 spiro atoms. The predicted octanol–water partition coefficient (Wildman–Crippen LogP) is 6.32. The molecule has 0 aliphatic heterocycles. The van der Waals surface area contributed by atoms with Crippen molar-refractivity contribution < 1.29 is 4.79 Å². The van der Waals surface area contributed by atoms with E-state index in [1.54, 1.807) is 0 Å². The van der Waals surface area contributed by atoms with Gasteiger partial charge in [-0.25, -0.2) is 0 Å². The van der Waals surface area contributed by atoms with Crippen LogP contribution in [0.15, 0.2) is 48.5 Å². The van der Waals surface area contributed by atoms with Gasteiger partial charge in [0.25, 0.3) is 5.91 Å². The monoisotopic (exact) mass is 429 g/mol. The summed E-state index contributed by atoms with van der Waals surface area (Å²) < 4.78 is 2.87. The van der Waals surface area contributed by atoms with Crippen LogP contribution in [0.25, 0.3) is 10.1 Å². The molecule has 2 aromatic heterocycles. The highest BCUT2D eigenvalue weighted by molar-refractivity contribution is 7.21. The fraction of sp³-hybridized carbons (Fsp3) is 0.143. The van der Waals surface area contributed by atoms with E-state index in [0.29, 0.717) is 27.2 Å². The number of amides is 1. The van der Waals surface area contributed by atoms with Gasteiger partial charge >= 0.3 is 0 Å². The van der Waals surface area contributed by atoms with Crippen molar-refractivity contribution in [1.82, 2.24) is 9.78 Å². The Morgan fingerprint density at radius 1 is 1.11 bits per heavy atom. The molecule has 7 heteroatoms. The first-order valence-corrected chi connectivity index (χ1v) is 10.3. The van der Waals surface area contributed by atoms with Gasteiger partial charge in [-0.15, -0.1) is 11.3 Å². The Hall–Kier alpha value is -2.34. The molecule has 0 radical (unpaired) electrons. The standard InChI is InChI=1S/C21H17Cl2N3OS/c1-12-19(13(2)26(25-12)11-14-7-9-15(22)10-8-14)24-21(27)20-18(23)16-5-3-4-6-17(16)28-20/h3-10H,11H2,1-2H3,(H,24,27). The number of rotatable bonds is 4. The topological polar surface area (TPSA) is 46.9 Å². The van der Waals surface area contributed by atoms with Gasteiger partial charge in [0.2, 0.25) is 0 Å². The summed E-state index contributed by atoms with van der Waals surface area (Å²) in [7, 11) is 0. The Morgan fingerprint density at radius 3 is 2.54 bits per heavy atom. The van der Waals surface area contributed by atoms with E-state index in [2.05, 4.69) is 10.4 Å². The molecule has 2 aromatic carbocycles. The van der Waals surface area contributed by atoms with Crippen LogP contribution in [0.3, 0.4) is 0 Å². The number of hydrogen-bond donors (Lipinski definition) is 1. The maximum Gasteiger partial charge on any atom is 0.267 e. The van der Waals surface area contributed by atoms with E-state index in [0.717, 1.165) is 27.0 Å². The molecule has 0 bridgehead atoms. The summed E-state index contributed by atoms with van der Waals surface area (Å²) in [6.45, 7) is 4.43. The highest BCUT2D eigenvalue weighted by Crippen LogP contribution is 2.36. The van der Waals surface area contributed by atoms with Crippen LogP contribution in [-0.4, -0.2) is 15.7 Å². The first-order chi connectivity index (χ1) is 13.4. The van der Waals surface area contributed by atoms with Crippen molar-refractivity contribution in [3.8, 4) is 0 Å². The maximum atomic E-state index is 12.9. The van der Waals surface area contributed by atoms with E-state index < -0.39 is 0 Å². The van der Waals surface area contributed by atoms with Gasteiger partial charge in [0.15, 0.2) is 0 Å². The van der Waals surface area contributed by atoms with Gasteiger partial charge in [0.1, 0.15) is 4.88 Å². The largest absolute Gasteiger partial charge is 0.318 e. The van der Waals surface area contributed by atoms with Crippen molar-refractivity contribution in [2.24, 2.45) is 0 Å². The Labute approximate surface area is 176 Å². The van der Waals surface area contributed by atoms with Gasteiger partial charge in [0.05, 0.1) is 28.6 Å². The number of benzene rings is 2. The van der Waals surface area contributed by atoms with Crippen molar-refractivity contribution >= 4 is 56.2 Å². The normalized spacial score (nSPS) is 11.1. The lowest BCUT2D eigenvalue weighted by molar-refractivity contribution is 0.103. The number of nitrogens with zero attached hydrogens (tertiary/aromatic N) is 2. The molecule has 4 nitrogen and oxygen atoms in total. The van der Waals surface area contributed by atoms with Crippen molar-refractivity contribution in [2.75, 3.05) is 5.32 Å². The average Bonchev–Trinajstić information content (AvgIpc) is 3.15. The van der Waals surface area contributed by atoms with Crippen LogP contribution in [-0.2, 0) is 6.54 Å². The first kappa shape index (κ1) is 19.0. The highest BCUT2D eigenvalue weighted by Gasteiger charge is 2.20. The lowest BCUT2D eigenvalue weighted by atomic mass is 10.2. The third kappa shape index (κ3) is 3.53. The minimum atomic E-state index is -0.219. The van der Waals surface area contributed by atoms with Crippen LogP contribution in [0.1, 0.15) is 26.6 Å². The maximum absolute atomic E-state index is 12.9. The van der Waals surface area contributed by atoms with Crippen LogP contribution in [0.2, 0.25) is 10.0 Å². The highest BCUT2D eigenvalue weighted by atomic mass is 35.5. The Morgan fingerprint density at radius 2 is 1.82 bits per heavy atom. The molecule has 142 valence electrons. The van der Waals surface area contributed by atoms with E-state index in [1.807, 2.05) is 67.1 Å². The molecule has 0 saturated carbocycles. The number of hydrogen-bond acceptors (Lipinski definition) is 3. The van der Waals surface area contributed by atoms with Crippen molar-refractivity contribution in [2.45, 2.75) is 20.4 Å². The van der Waals surface area contributed by atoms with Crippen LogP contribution in [0, 0.1) is 13.8 Å². The number of halogens is 2. The molecule has 28 heavy (non-hydrogen) atoms. The second-order valence-electron chi connectivity index (χ2n) is 6.53. The lowest BCUT2D eigenvalue weighted by Crippen LogP contribution is -2.12. The van der Waals surface area contributed by atoms with Crippen LogP contribution in [0.4, 0.5) is 5.69 Å². The number of carbonyl (C=O) groups is 1. The van der Waals surface area contributed by atoms with Crippen molar-refractivity contribution in [3.05, 3.63) is 80.4 Å². The molecule has 4 aromatic rings. The van der Waals surface area contributed by atoms with Gasteiger partial charge in [-0.2, -0.15) is 5.10 Å². The first-order valence-electron chi connectivity index (χ1n) is 8.71. The Bertz CT molecular complexity index is 1180. The van der Waals surface area contributed by atoms with Gasteiger partial charge in [0, 0.05) is 15.1 Å². The molecule has 0 atom stereocenters. The summed E-state index contributed by atoms with van der Waals surface area (Å²) >= 11 is 13.8. The fourth-order valence-electron chi connectivity index (χ4n) is 3.12. The summed E-state index contributed by atoms with van der Waals surface area (Å²) in [6, 6.07) is 15.4. The van der Waals surface area contributed by atoms with Gasteiger partial charge in [-0.3, -0.25) is 9.48 Å². The van der Waals surface area contributed by atoms with Gasteiger partial charge in [-0.1, -0.05) is 53.5 Å². The lowest BCUT2D eigenvalue weighted by Gasteiger charge is -2.07. The third-order valence-electron chi connectivity index (χ3n) is 4.61. The molecule has 0 aliphatic carbocycles. The van der Waals surface area contributed by atoms with Crippen LogP contribution in [0.5, 0.6) is 0 Å². The zero-order valence-corrected chi connectivity index (χ0v) is 17.6. The number of anilines is 1. The summed E-state index contributed by atoms with van der Waals surface area (Å²) in [5.74, 6) is -0.219. The second-order valence-corrected chi connectivity index (χ2v) is 8.39. The second kappa shape index (κ2) is 7.59. The SMILES string of the molecule is Cc1nn(Cc2ccc(Cl)cc2)c(C)c1NC(=O)c1sc2ccccc2c1Cl. The summed E-state index contributed by atoms with van der Waals surface area (Å²) in [5, 5.41) is 9.66. The fourth-order valence-corrected chi connectivity index (χ4v) is 4.66. The summed E-state index contributed by atoms with van der Waals surface area (Å²) in [4.78, 5) is 13.4. The number of nitrogens with one attached hydrogen (secondary N) is 1. The van der Waals surface area contributed by atoms with E-state index in [9.17, 15) is 4.79 Å². The summed E-state index contributed by atoms with van der Waals surface area (Å²) in [6.07, 6.45) is 0. The zero-order chi connectivity index (χ0) is 19.8. The van der Waals surface area contributed by atoms with E-state index in [4.69, 9.17) is 23.2 Å². The molecule has 0 saturated heterocycles. The smallest absolute Gasteiger partial charge is 0.267 e. The van der Waals surface area contributed by atoms with Crippen LogP contribution >= 0.6 is 34.5 Å². The molecule has 0 fully saturated rings. The molecular weight excluding hydrogens is 413 g/mol. The molecular formula is C21H17Cl2N3OS. The summed E-state index contributed by atoms with van der Waals surface area (Å²) in [5.41, 5.74) is 3.45. The molecule has 1 N–H and O–H groups in total. The molecule has 4 rings (SSSR count).